The van der Waals surface area contributed by atoms with Gasteiger partial charge in [-0.15, -0.1) is 0 Å². The van der Waals surface area contributed by atoms with Crippen molar-refractivity contribution in [3.05, 3.63) is 30.4 Å². The summed E-state index contributed by atoms with van der Waals surface area (Å²) in [5.74, 6) is 0.787. The monoisotopic (exact) mass is 216 g/mol. The molecule has 2 heterocycles. The van der Waals surface area contributed by atoms with Crippen LogP contribution < -0.4 is 4.74 Å². The van der Waals surface area contributed by atoms with E-state index >= 15 is 0 Å². The standard InChI is InChI=1S/C10H8N4O2/c1-16-9-4-8(12-6-13-9)10-11-3-2-7(5-15)14-10/h2-6H,1H3. The van der Waals surface area contributed by atoms with Crippen LogP contribution in [0.4, 0.5) is 0 Å². The lowest BCUT2D eigenvalue weighted by molar-refractivity contribution is 0.111. The Bertz CT molecular complexity index is 516. The third-order valence-electron chi connectivity index (χ3n) is 1.88. The molecule has 0 saturated carbocycles. The predicted octanol–water partition coefficient (Wildman–Crippen LogP) is 0.755. The maximum absolute atomic E-state index is 10.6. The average molecular weight is 216 g/mol. The second kappa shape index (κ2) is 4.43. The van der Waals surface area contributed by atoms with Crippen molar-refractivity contribution in [2.45, 2.75) is 0 Å². The van der Waals surface area contributed by atoms with Crippen LogP contribution in [0.15, 0.2) is 24.7 Å². The minimum atomic E-state index is 0.308. The smallest absolute Gasteiger partial charge is 0.216 e. The number of carbonyl (C=O) groups excluding carboxylic acids is 1. The number of hydrogen-bond acceptors (Lipinski definition) is 6. The molecule has 0 atom stereocenters. The summed E-state index contributed by atoms with van der Waals surface area (Å²) in [5, 5.41) is 0. The summed E-state index contributed by atoms with van der Waals surface area (Å²) in [6, 6.07) is 3.12. The van der Waals surface area contributed by atoms with Gasteiger partial charge in [0.2, 0.25) is 5.88 Å². The van der Waals surface area contributed by atoms with Crippen molar-refractivity contribution in [3.8, 4) is 17.4 Å². The number of methoxy groups -OCH3 is 1. The molecule has 0 fully saturated rings. The summed E-state index contributed by atoms with van der Waals surface area (Å²) in [5.41, 5.74) is 0.818. The van der Waals surface area contributed by atoms with Gasteiger partial charge in [0, 0.05) is 12.3 Å². The summed E-state index contributed by atoms with van der Waals surface area (Å²) in [6.45, 7) is 0. The van der Waals surface area contributed by atoms with Crippen molar-refractivity contribution >= 4 is 6.29 Å². The first-order valence-electron chi connectivity index (χ1n) is 4.48. The highest BCUT2D eigenvalue weighted by Gasteiger charge is 2.05. The lowest BCUT2D eigenvalue weighted by atomic mass is 10.3. The SMILES string of the molecule is COc1cc(-c2nccc(C=O)n2)ncn1. The Balaban J connectivity index is 2.45. The maximum atomic E-state index is 10.6. The molecule has 0 aliphatic heterocycles. The van der Waals surface area contributed by atoms with Crippen LogP contribution in [0.3, 0.4) is 0 Å². The first-order valence-corrected chi connectivity index (χ1v) is 4.48. The van der Waals surface area contributed by atoms with Gasteiger partial charge in [-0.3, -0.25) is 4.79 Å². The van der Waals surface area contributed by atoms with Gasteiger partial charge in [-0.05, 0) is 6.07 Å². The molecule has 6 nitrogen and oxygen atoms in total. The van der Waals surface area contributed by atoms with E-state index in [0.29, 0.717) is 29.4 Å². The van der Waals surface area contributed by atoms with Crippen LogP contribution in [-0.2, 0) is 0 Å². The molecule has 0 radical (unpaired) electrons. The zero-order chi connectivity index (χ0) is 11.4. The number of aromatic nitrogens is 4. The molecule has 2 rings (SSSR count). The molecule has 0 N–H and O–H groups in total. The van der Waals surface area contributed by atoms with E-state index in [1.807, 2.05) is 0 Å². The Morgan fingerprint density at radius 3 is 2.94 bits per heavy atom. The second-order valence-electron chi connectivity index (χ2n) is 2.87. The van der Waals surface area contributed by atoms with E-state index in [0.717, 1.165) is 0 Å². The van der Waals surface area contributed by atoms with Gasteiger partial charge in [-0.1, -0.05) is 0 Å². The van der Waals surface area contributed by atoms with Gasteiger partial charge < -0.3 is 4.74 Å². The van der Waals surface area contributed by atoms with E-state index in [2.05, 4.69) is 19.9 Å². The van der Waals surface area contributed by atoms with Crippen molar-refractivity contribution in [2.24, 2.45) is 0 Å². The third-order valence-corrected chi connectivity index (χ3v) is 1.88. The first-order chi connectivity index (χ1) is 7.83. The predicted molar refractivity (Wildman–Crippen MR) is 55.0 cm³/mol. The number of aldehydes is 1. The average Bonchev–Trinajstić information content (AvgIpc) is 2.39. The second-order valence-corrected chi connectivity index (χ2v) is 2.87. The van der Waals surface area contributed by atoms with Crippen LogP contribution in [0, 0.1) is 0 Å². The first kappa shape index (κ1) is 10.2. The normalized spacial score (nSPS) is 9.81. The molecule has 0 unspecified atom stereocenters. The van der Waals surface area contributed by atoms with Crippen molar-refractivity contribution in [1.82, 2.24) is 19.9 Å². The zero-order valence-electron chi connectivity index (χ0n) is 8.49. The fraction of sp³-hybridized carbons (Fsp3) is 0.100. The highest BCUT2D eigenvalue weighted by atomic mass is 16.5. The molecule has 0 spiro atoms. The highest BCUT2D eigenvalue weighted by molar-refractivity contribution is 5.72. The van der Waals surface area contributed by atoms with Crippen molar-refractivity contribution < 1.29 is 9.53 Å². The van der Waals surface area contributed by atoms with E-state index in [9.17, 15) is 4.79 Å². The molecular weight excluding hydrogens is 208 g/mol. The topological polar surface area (TPSA) is 77.9 Å². The van der Waals surface area contributed by atoms with Gasteiger partial charge in [0.25, 0.3) is 0 Å². The molecule has 0 saturated heterocycles. The van der Waals surface area contributed by atoms with Gasteiger partial charge in [-0.2, -0.15) is 0 Å². The van der Waals surface area contributed by atoms with Gasteiger partial charge in [0.05, 0.1) is 7.11 Å². The molecule has 0 amide bonds. The molecule has 80 valence electrons. The van der Waals surface area contributed by atoms with Crippen molar-refractivity contribution in [3.63, 3.8) is 0 Å². The Labute approximate surface area is 91.4 Å². The van der Waals surface area contributed by atoms with E-state index < -0.39 is 0 Å². The molecule has 0 bridgehead atoms. The molecule has 0 aliphatic rings. The largest absolute Gasteiger partial charge is 0.481 e. The van der Waals surface area contributed by atoms with E-state index in [1.165, 1.54) is 25.7 Å². The molecule has 6 heteroatoms. The number of carbonyl (C=O) groups is 1. The Morgan fingerprint density at radius 1 is 1.31 bits per heavy atom. The summed E-state index contributed by atoms with van der Waals surface area (Å²) in [7, 11) is 1.51. The van der Waals surface area contributed by atoms with E-state index in [-0.39, 0.29) is 0 Å². The minimum Gasteiger partial charge on any atom is -0.481 e. The number of hydrogen-bond donors (Lipinski definition) is 0. The third kappa shape index (κ3) is 2.00. The summed E-state index contributed by atoms with van der Waals surface area (Å²) in [6.07, 6.45) is 3.51. The molecule has 0 aliphatic carbocycles. The van der Waals surface area contributed by atoms with Gasteiger partial charge in [0.15, 0.2) is 12.1 Å². The molecule has 2 aromatic rings. The number of rotatable bonds is 3. The van der Waals surface area contributed by atoms with Crippen LogP contribution in [0.1, 0.15) is 10.5 Å². The van der Waals surface area contributed by atoms with E-state index in [1.54, 1.807) is 6.07 Å². The van der Waals surface area contributed by atoms with Crippen LogP contribution >= 0.6 is 0 Å². The molecule has 0 aromatic carbocycles. The fourth-order valence-corrected chi connectivity index (χ4v) is 1.14. The van der Waals surface area contributed by atoms with E-state index in [4.69, 9.17) is 4.74 Å². The quantitative estimate of drug-likeness (QED) is 0.704. The summed E-state index contributed by atoms with van der Waals surface area (Å²) >= 11 is 0. The van der Waals surface area contributed by atoms with Gasteiger partial charge in [0.1, 0.15) is 17.7 Å². The van der Waals surface area contributed by atoms with Crippen LogP contribution in [0.5, 0.6) is 5.88 Å². The van der Waals surface area contributed by atoms with Crippen molar-refractivity contribution in [1.29, 1.82) is 0 Å². The lowest BCUT2D eigenvalue weighted by Crippen LogP contribution is -1.97. The molecule has 2 aromatic heterocycles. The summed E-state index contributed by atoms with van der Waals surface area (Å²) < 4.78 is 4.96. The molecule has 16 heavy (non-hydrogen) atoms. The Morgan fingerprint density at radius 2 is 2.19 bits per heavy atom. The number of ether oxygens (including phenoxy) is 1. The van der Waals surface area contributed by atoms with Gasteiger partial charge >= 0.3 is 0 Å². The highest BCUT2D eigenvalue weighted by Crippen LogP contribution is 2.14. The zero-order valence-corrected chi connectivity index (χ0v) is 8.49. The Kier molecular flexibility index (Phi) is 2.81. The minimum absolute atomic E-state index is 0.308. The maximum Gasteiger partial charge on any atom is 0.216 e. The molecular formula is C10H8N4O2. The fourth-order valence-electron chi connectivity index (χ4n) is 1.14. The number of nitrogens with zero attached hydrogens (tertiary/aromatic N) is 4. The van der Waals surface area contributed by atoms with Crippen LogP contribution in [-0.4, -0.2) is 33.3 Å². The van der Waals surface area contributed by atoms with Crippen LogP contribution in [0.2, 0.25) is 0 Å². The van der Waals surface area contributed by atoms with Gasteiger partial charge in [-0.25, -0.2) is 19.9 Å². The Hall–Kier alpha value is -2.37. The lowest BCUT2D eigenvalue weighted by Gasteiger charge is -2.01. The van der Waals surface area contributed by atoms with Crippen molar-refractivity contribution in [2.75, 3.05) is 7.11 Å². The van der Waals surface area contributed by atoms with Crippen LogP contribution in [0.25, 0.3) is 11.5 Å². The summed E-state index contributed by atoms with van der Waals surface area (Å²) in [4.78, 5) is 26.5.